The zero-order chi connectivity index (χ0) is 25.0. The molecule has 0 aliphatic heterocycles. The van der Waals surface area contributed by atoms with E-state index in [1.807, 2.05) is 31.3 Å². The zero-order valence-corrected chi connectivity index (χ0v) is 19.1. The van der Waals surface area contributed by atoms with E-state index in [1.54, 1.807) is 12.1 Å². The Balaban J connectivity index is 1.40. The molecule has 10 heteroatoms. The molecule has 0 aliphatic carbocycles. The number of alkyl halides is 3. The molecular formula is C25H25F3N2O5. The maximum atomic E-state index is 13.2. The first-order valence-corrected chi connectivity index (χ1v) is 11.3. The van der Waals surface area contributed by atoms with E-state index in [0.717, 1.165) is 17.3 Å². The topological polar surface area (TPSA) is 86.7 Å². The number of benzene rings is 2. The Morgan fingerprint density at radius 1 is 1.14 bits per heavy atom. The highest BCUT2D eigenvalue weighted by Crippen LogP contribution is 2.38. The van der Waals surface area contributed by atoms with Gasteiger partial charge in [-0.1, -0.05) is 18.5 Å². The molecule has 0 spiro atoms. The molecule has 4 aromatic rings. The van der Waals surface area contributed by atoms with Gasteiger partial charge in [-0.2, -0.15) is 13.2 Å². The number of hydrogen-bond acceptors (Lipinski definition) is 5. The maximum Gasteiger partial charge on any atom is 0.437 e. The van der Waals surface area contributed by atoms with Crippen molar-refractivity contribution in [2.45, 2.75) is 45.3 Å². The maximum absolute atomic E-state index is 13.2. The number of carboxylic acids is 1. The fourth-order valence-electron chi connectivity index (χ4n) is 4.00. The van der Waals surface area contributed by atoms with Crippen LogP contribution < -0.4 is 9.47 Å². The van der Waals surface area contributed by atoms with Gasteiger partial charge in [-0.25, -0.2) is 0 Å². The molecule has 4 rings (SSSR count). The number of fused-ring (bicyclic) bond motifs is 2. The van der Waals surface area contributed by atoms with Gasteiger partial charge in [0.05, 0.1) is 25.0 Å². The van der Waals surface area contributed by atoms with Crippen molar-refractivity contribution >= 4 is 27.8 Å². The lowest BCUT2D eigenvalue weighted by molar-refractivity contribution is -0.141. The van der Waals surface area contributed by atoms with Crippen LogP contribution in [0.5, 0.6) is 11.5 Å². The Labute approximate surface area is 199 Å². The van der Waals surface area contributed by atoms with Crippen LogP contribution in [-0.4, -0.2) is 34.0 Å². The number of rotatable bonds is 11. The first-order valence-electron chi connectivity index (χ1n) is 11.3. The molecule has 2 aromatic heterocycles. The number of aryl methyl sites for hydroxylation is 2. The average Bonchev–Trinajstić information content (AvgIpc) is 3.42. The first-order chi connectivity index (χ1) is 16.8. The third-order valence-electron chi connectivity index (χ3n) is 5.60. The molecule has 0 aliphatic rings. The summed E-state index contributed by atoms with van der Waals surface area (Å²) < 4.78 is 58.1. The highest BCUT2D eigenvalue weighted by molar-refractivity contribution is 5.85. The molecule has 7 nitrogen and oxygen atoms in total. The Morgan fingerprint density at radius 2 is 1.97 bits per heavy atom. The number of carbonyl (C=O) groups is 1. The fourth-order valence-corrected chi connectivity index (χ4v) is 4.00. The molecule has 0 saturated heterocycles. The summed E-state index contributed by atoms with van der Waals surface area (Å²) in [5, 5.41) is 12.9. The molecule has 2 aromatic carbocycles. The summed E-state index contributed by atoms with van der Waals surface area (Å²) in [6.07, 6.45) is -0.789. The number of ether oxygens (including phenoxy) is 2. The summed E-state index contributed by atoms with van der Waals surface area (Å²) in [6, 6.07) is 10.4. The van der Waals surface area contributed by atoms with Crippen LogP contribution in [0.2, 0.25) is 0 Å². The molecule has 1 N–H and O–H groups in total. The molecule has 0 unspecified atom stereocenters. The van der Waals surface area contributed by atoms with Gasteiger partial charge in [-0.05, 0) is 49.2 Å². The normalized spacial score (nSPS) is 11.9. The van der Waals surface area contributed by atoms with Crippen molar-refractivity contribution in [2.24, 2.45) is 0 Å². The van der Waals surface area contributed by atoms with Crippen molar-refractivity contribution in [3.05, 3.63) is 53.9 Å². The molecule has 0 fully saturated rings. The quantitative estimate of drug-likeness (QED) is 0.257. The van der Waals surface area contributed by atoms with Gasteiger partial charge in [-0.3, -0.25) is 4.79 Å². The largest absolute Gasteiger partial charge is 0.493 e. The van der Waals surface area contributed by atoms with Gasteiger partial charge in [0.15, 0.2) is 11.3 Å². The third-order valence-corrected chi connectivity index (χ3v) is 5.60. The lowest BCUT2D eigenvalue weighted by atomic mass is 10.0. The minimum absolute atomic E-state index is 0.0570. The van der Waals surface area contributed by atoms with Gasteiger partial charge in [0.25, 0.3) is 0 Å². The summed E-state index contributed by atoms with van der Waals surface area (Å²) in [7, 11) is 0. The second kappa shape index (κ2) is 10.3. The van der Waals surface area contributed by atoms with Crippen molar-refractivity contribution in [3.63, 3.8) is 0 Å². The van der Waals surface area contributed by atoms with Gasteiger partial charge in [0.1, 0.15) is 11.5 Å². The van der Waals surface area contributed by atoms with Gasteiger partial charge < -0.3 is 23.7 Å². The molecule has 0 amide bonds. The predicted octanol–water partition coefficient (Wildman–Crippen LogP) is 6.08. The summed E-state index contributed by atoms with van der Waals surface area (Å²) >= 11 is 0. The standard InChI is InChI=1S/C25H25F3N2O5/c1-2-4-18-21(8-6-19-23(18)35-29-24(19)25(26,27)28)34-13-3-11-30-12-9-16-15-17(5-7-20(16)30)33-14-10-22(31)32/h5-9,12,15H,2-4,10-11,13-14H2,1H3,(H,31,32). The second-order valence-electron chi connectivity index (χ2n) is 8.12. The van der Waals surface area contributed by atoms with Crippen molar-refractivity contribution in [2.75, 3.05) is 13.2 Å². The van der Waals surface area contributed by atoms with Crippen LogP contribution >= 0.6 is 0 Å². The predicted molar refractivity (Wildman–Crippen MR) is 123 cm³/mol. The van der Waals surface area contributed by atoms with Crippen molar-refractivity contribution < 1.29 is 37.1 Å². The monoisotopic (exact) mass is 490 g/mol. The molecule has 0 bridgehead atoms. The van der Waals surface area contributed by atoms with Gasteiger partial charge >= 0.3 is 12.1 Å². The van der Waals surface area contributed by atoms with Crippen LogP contribution in [0.4, 0.5) is 13.2 Å². The van der Waals surface area contributed by atoms with E-state index in [4.69, 9.17) is 19.1 Å². The summed E-state index contributed by atoms with van der Waals surface area (Å²) in [5.41, 5.74) is 0.695. The number of aromatic nitrogens is 2. The highest BCUT2D eigenvalue weighted by Gasteiger charge is 2.37. The van der Waals surface area contributed by atoms with E-state index in [-0.39, 0.29) is 24.0 Å². The van der Waals surface area contributed by atoms with E-state index in [9.17, 15) is 18.0 Å². The van der Waals surface area contributed by atoms with Gasteiger partial charge in [0.2, 0.25) is 0 Å². The number of carboxylic acid groups (broad SMARTS) is 1. The van der Waals surface area contributed by atoms with E-state index in [0.29, 0.717) is 43.1 Å². The number of halogens is 3. The van der Waals surface area contributed by atoms with Crippen LogP contribution in [0.1, 0.15) is 37.4 Å². The van der Waals surface area contributed by atoms with Crippen LogP contribution in [0.25, 0.3) is 21.9 Å². The van der Waals surface area contributed by atoms with Crippen molar-refractivity contribution in [3.8, 4) is 11.5 Å². The van der Waals surface area contributed by atoms with Crippen LogP contribution in [0.15, 0.2) is 47.1 Å². The van der Waals surface area contributed by atoms with E-state index < -0.39 is 17.8 Å². The summed E-state index contributed by atoms with van der Waals surface area (Å²) in [5.74, 6) is 0.206. The van der Waals surface area contributed by atoms with E-state index >= 15 is 0 Å². The zero-order valence-electron chi connectivity index (χ0n) is 19.1. The second-order valence-corrected chi connectivity index (χ2v) is 8.12. The Bertz CT molecular complexity index is 1330. The SMILES string of the molecule is CCCc1c(OCCCn2ccc3cc(OCCC(=O)O)ccc32)ccc2c(C(F)(F)F)noc12. The Kier molecular flexibility index (Phi) is 7.18. The Morgan fingerprint density at radius 3 is 2.71 bits per heavy atom. The summed E-state index contributed by atoms with van der Waals surface area (Å²) in [6.45, 7) is 3.09. The Hall–Kier alpha value is -3.69. The lowest BCUT2D eigenvalue weighted by Crippen LogP contribution is -2.06. The van der Waals surface area contributed by atoms with Crippen LogP contribution in [0, 0.1) is 0 Å². The van der Waals surface area contributed by atoms with Gasteiger partial charge in [-0.15, -0.1) is 0 Å². The van der Waals surface area contributed by atoms with E-state index in [1.165, 1.54) is 6.07 Å². The first kappa shape index (κ1) is 24.4. The fraction of sp³-hybridized carbons (Fsp3) is 0.360. The van der Waals surface area contributed by atoms with Crippen molar-refractivity contribution in [1.82, 2.24) is 9.72 Å². The number of hydrogen-bond donors (Lipinski definition) is 1. The highest BCUT2D eigenvalue weighted by atomic mass is 19.4. The third kappa shape index (κ3) is 5.52. The molecule has 186 valence electrons. The molecule has 0 atom stereocenters. The van der Waals surface area contributed by atoms with Crippen LogP contribution in [-0.2, 0) is 23.9 Å². The van der Waals surface area contributed by atoms with Crippen LogP contribution in [0.3, 0.4) is 0 Å². The average molecular weight is 490 g/mol. The van der Waals surface area contributed by atoms with Crippen molar-refractivity contribution in [1.29, 1.82) is 0 Å². The molecule has 2 heterocycles. The van der Waals surface area contributed by atoms with E-state index in [2.05, 4.69) is 9.72 Å². The molecule has 0 saturated carbocycles. The summed E-state index contributed by atoms with van der Waals surface area (Å²) in [4.78, 5) is 10.6. The smallest absolute Gasteiger partial charge is 0.437 e. The molecular weight excluding hydrogens is 465 g/mol. The minimum atomic E-state index is -4.58. The molecule has 35 heavy (non-hydrogen) atoms. The molecule has 0 radical (unpaired) electrons. The number of nitrogens with zero attached hydrogens (tertiary/aromatic N) is 2. The minimum Gasteiger partial charge on any atom is -0.493 e. The lowest BCUT2D eigenvalue weighted by Gasteiger charge is -2.12. The van der Waals surface area contributed by atoms with Gasteiger partial charge in [0, 0.05) is 29.2 Å². The number of aliphatic carboxylic acids is 1.